The van der Waals surface area contributed by atoms with Crippen molar-refractivity contribution in [2.45, 2.75) is 6.04 Å². The first-order chi connectivity index (χ1) is 9.97. The van der Waals surface area contributed by atoms with Crippen LogP contribution in [0.3, 0.4) is 0 Å². The number of aliphatic carboxylic acids is 1. The number of hydrogen-bond acceptors (Lipinski definition) is 2. The number of benzene rings is 2. The number of amides is 1. The summed E-state index contributed by atoms with van der Waals surface area (Å²) in [6, 6.07) is 10.8. The molecule has 4 nitrogen and oxygen atoms in total. The molecule has 2 aromatic carbocycles. The van der Waals surface area contributed by atoms with E-state index in [0.29, 0.717) is 10.0 Å². The summed E-state index contributed by atoms with van der Waals surface area (Å²) in [4.78, 5) is 23.4. The molecule has 0 aromatic heterocycles. The van der Waals surface area contributed by atoms with Gasteiger partial charge in [-0.1, -0.05) is 46.3 Å². The summed E-state index contributed by atoms with van der Waals surface area (Å²) < 4.78 is 13.7. The van der Waals surface area contributed by atoms with E-state index in [1.165, 1.54) is 12.1 Å². The highest BCUT2D eigenvalue weighted by Crippen LogP contribution is 2.17. The predicted octanol–water partition coefficient (Wildman–Crippen LogP) is 3.14. The van der Waals surface area contributed by atoms with Crippen molar-refractivity contribution in [2.24, 2.45) is 0 Å². The Morgan fingerprint density at radius 2 is 1.81 bits per heavy atom. The van der Waals surface area contributed by atoms with Crippen LogP contribution in [0.15, 0.2) is 53.0 Å². The lowest BCUT2D eigenvalue weighted by Gasteiger charge is -2.15. The standard InChI is InChI=1S/C15H11BrFNO3/c16-11-6-10(7-12(17)8-11)14(19)18-13(15(20)21)9-4-2-1-3-5-9/h1-8,13H,(H,18,19)(H,20,21)/t13-/m1/s1. The first-order valence-corrected chi connectivity index (χ1v) is 6.81. The second-order valence-corrected chi connectivity index (χ2v) is 5.23. The van der Waals surface area contributed by atoms with Crippen molar-refractivity contribution in [3.05, 3.63) is 69.9 Å². The number of carboxylic acids is 1. The van der Waals surface area contributed by atoms with E-state index in [2.05, 4.69) is 21.2 Å². The van der Waals surface area contributed by atoms with Crippen LogP contribution in [0.1, 0.15) is 22.0 Å². The summed E-state index contributed by atoms with van der Waals surface area (Å²) in [5.74, 6) is -2.43. The average Bonchev–Trinajstić information content (AvgIpc) is 2.44. The Balaban J connectivity index is 2.25. The van der Waals surface area contributed by atoms with Gasteiger partial charge in [-0.25, -0.2) is 9.18 Å². The maximum absolute atomic E-state index is 13.3. The molecular weight excluding hydrogens is 341 g/mol. The van der Waals surface area contributed by atoms with E-state index >= 15 is 0 Å². The van der Waals surface area contributed by atoms with Crippen LogP contribution in [0.4, 0.5) is 4.39 Å². The summed E-state index contributed by atoms with van der Waals surface area (Å²) in [7, 11) is 0. The van der Waals surface area contributed by atoms with Gasteiger partial charge in [0.05, 0.1) is 0 Å². The molecule has 0 heterocycles. The van der Waals surface area contributed by atoms with Crippen LogP contribution in [0, 0.1) is 5.82 Å². The molecule has 108 valence electrons. The van der Waals surface area contributed by atoms with E-state index in [0.717, 1.165) is 6.07 Å². The number of halogens is 2. The molecule has 2 aromatic rings. The Hall–Kier alpha value is -2.21. The number of carbonyl (C=O) groups excluding carboxylic acids is 1. The second kappa shape index (κ2) is 6.49. The van der Waals surface area contributed by atoms with Gasteiger partial charge in [0, 0.05) is 10.0 Å². The molecule has 0 fully saturated rings. The molecule has 2 N–H and O–H groups in total. The van der Waals surface area contributed by atoms with Crippen molar-refractivity contribution in [1.82, 2.24) is 5.32 Å². The van der Waals surface area contributed by atoms with E-state index in [1.807, 2.05) is 0 Å². The molecule has 21 heavy (non-hydrogen) atoms. The average molecular weight is 352 g/mol. The number of nitrogens with one attached hydrogen (secondary N) is 1. The van der Waals surface area contributed by atoms with Crippen LogP contribution in [0.25, 0.3) is 0 Å². The molecule has 0 radical (unpaired) electrons. The minimum absolute atomic E-state index is 0.0454. The predicted molar refractivity (Wildman–Crippen MR) is 78.4 cm³/mol. The minimum atomic E-state index is -1.19. The van der Waals surface area contributed by atoms with Crippen LogP contribution in [-0.2, 0) is 4.79 Å². The smallest absolute Gasteiger partial charge is 0.330 e. The summed E-state index contributed by atoms with van der Waals surface area (Å²) in [5.41, 5.74) is 0.484. The summed E-state index contributed by atoms with van der Waals surface area (Å²) in [6.07, 6.45) is 0. The number of carboxylic acid groups (broad SMARTS) is 1. The van der Waals surface area contributed by atoms with Gasteiger partial charge in [0.15, 0.2) is 6.04 Å². The summed E-state index contributed by atoms with van der Waals surface area (Å²) >= 11 is 3.09. The van der Waals surface area contributed by atoms with Crippen molar-refractivity contribution in [1.29, 1.82) is 0 Å². The minimum Gasteiger partial charge on any atom is -0.479 e. The van der Waals surface area contributed by atoms with E-state index in [-0.39, 0.29) is 5.56 Å². The Labute approximate surface area is 128 Å². The van der Waals surface area contributed by atoms with Crippen LogP contribution >= 0.6 is 15.9 Å². The van der Waals surface area contributed by atoms with Crippen LogP contribution < -0.4 is 5.32 Å². The van der Waals surface area contributed by atoms with Crippen LogP contribution in [-0.4, -0.2) is 17.0 Å². The fraction of sp³-hybridized carbons (Fsp3) is 0.0667. The van der Waals surface area contributed by atoms with Crippen molar-refractivity contribution in [3.8, 4) is 0 Å². The molecule has 6 heteroatoms. The molecule has 0 unspecified atom stereocenters. The lowest BCUT2D eigenvalue weighted by molar-refractivity contribution is -0.139. The highest BCUT2D eigenvalue weighted by molar-refractivity contribution is 9.10. The third-order valence-corrected chi connectivity index (χ3v) is 3.24. The van der Waals surface area contributed by atoms with Gasteiger partial charge in [-0.05, 0) is 23.8 Å². The number of rotatable bonds is 4. The highest BCUT2D eigenvalue weighted by Gasteiger charge is 2.22. The topological polar surface area (TPSA) is 66.4 Å². The SMILES string of the molecule is O=C(N[C@@H](C(=O)O)c1ccccc1)c1cc(F)cc(Br)c1. The van der Waals surface area contributed by atoms with E-state index in [1.54, 1.807) is 30.3 Å². The van der Waals surface area contributed by atoms with Crippen LogP contribution in [0.5, 0.6) is 0 Å². The molecule has 0 bridgehead atoms. The zero-order valence-electron chi connectivity index (χ0n) is 10.7. The van der Waals surface area contributed by atoms with Gasteiger partial charge in [0.1, 0.15) is 5.82 Å². The lowest BCUT2D eigenvalue weighted by atomic mass is 10.1. The van der Waals surface area contributed by atoms with Gasteiger partial charge in [0.25, 0.3) is 5.91 Å². The van der Waals surface area contributed by atoms with Crippen LogP contribution in [0.2, 0.25) is 0 Å². The monoisotopic (exact) mass is 351 g/mol. The molecule has 0 saturated heterocycles. The Morgan fingerprint density at radius 3 is 2.38 bits per heavy atom. The molecule has 0 aliphatic heterocycles. The first-order valence-electron chi connectivity index (χ1n) is 6.02. The number of hydrogen-bond donors (Lipinski definition) is 2. The van der Waals surface area contributed by atoms with Gasteiger partial charge >= 0.3 is 5.97 Å². The Morgan fingerprint density at radius 1 is 1.14 bits per heavy atom. The molecule has 1 amide bonds. The van der Waals surface area contributed by atoms with Crippen molar-refractivity contribution in [2.75, 3.05) is 0 Å². The van der Waals surface area contributed by atoms with Gasteiger partial charge in [-0.2, -0.15) is 0 Å². The first kappa shape index (κ1) is 15.2. The quantitative estimate of drug-likeness (QED) is 0.889. The molecule has 0 spiro atoms. The number of carbonyl (C=O) groups is 2. The Bertz CT molecular complexity index is 656. The van der Waals surface area contributed by atoms with Gasteiger partial charge in [-0.3, -0.25) is 4.79 Å². The molecule has 0 aliphatic carbocycles. The summed E-state index contributed by atoms with van der Waals surface area (Å²) in [6.45, 7) is 0. The second-order valence-electron chi connectivity index (χ2n) is 4.31. The zero-order valence-corrected chi connectivity index (χ0v) is 12.3. The van der Waals surface area contributed by atoms with Crippen molar-refractivity contribution >= 4 is 27.8 Å². The molecule has 0 aliphatic rings. The zero-order chi connectivity index (χ0) is 15.4. The van der Waals surface area contributed by atoms with Gasteiger partial charge in [-0.15, -0.1) is 0 Å². The Kier molecular flexibility index (Phi) is 4.70. The molecule has 0 saturated carbocycles. The fourth-order valence-electron chi connectivity index (χ4n) is 1.83. The fourth-order valence-corrected chi connectivity index (χ4v) is 2.30. The molecule has 1 atom stereocenters. The van der Waals surface area contributed by atoms with Gasteiger partial charge in [0.2, 0.25) is 0 Å². The van der Waals surface area contributed by atoms with Gasteiger partial charge < -0.3 is 10.4 Å². The van der Waals surface area contributed by atoms with Crippen molar-refractivity contribution in [3.63, 3.8) is 0 Å². The third-order valence-electron chi connectivity index (χ3n) is 2.78. The highest BCUT2D eigenvalue weighted by atomic mass is 79.9. The maximum atomic E-state index is 13.3. The molecule has 2 rings (SSSR count). The largest absolute Gasteiger partial charge is 0.479 e. The van der Waals surface area contributed by atoms with Crippen molar-refractivity contribution < 1.29 is 19.1 Å². The maximum Gasteiger partial charge on any atom is 0.330 e. The normalized spacial score (nSPS) is 11.7. The summed E-state index contributed by atoms with van der Waals surface area (Å²) in [5, 5.41) is 11.6. The third kappa shape index (κ3) is 3.88. The molecular formula is C15H11BrFNO3. The van der Waals surface area contributed by atoms with E-state index in [4.69, 9.17) is 0 Å². The van der Waals surface area contributed by atoms with E-state index < -0.39 is 23.7 Å². The van der Waals surface area contributed by atoms with E-state index in [9.17, 15) is 19.1 Å². The lowest BCUT2D eigenvalue weighted by Crippen LogP contribution is -2.33.